The standard InChI is InChI=1S/C22H30N4O4S/c1-16(24-8-3-6-21(28)25-10-11-31-26-14-22(29)30)17-4-2-5-18(12-17)20-7-9-23-13-19(20)15-27/h2,4-5,7,9,12-13,16,24,26-27H,3,6,8,10-11,14-15H2,1H3,(H,25,28)(H,29,30). The minimum atomic E-state index is -0.905. The molecule has 8 nitrogen and oxygen atoms in total. The zero-order chi connectivity index (χ0) is 22.5. The molecule has 2 aromatic rings. The number of aromatic nitrogens is 1. The van der Waals surface area contributed by atoms with Crippen LogP contribution in [0.4, 0.5) is 0 Å². The summed E-state index contributed by atoms with van der Waals surface area (Å²) in [6.45, 7) is 3.14. The molecular formula is C22H30N4O4S. The van der Waals surface area contributed by atoms with Crippen molar-refractivity contribution in [1.82, 2.24) is 20.3 Å². The number of carboxylic acids is 1. The molecular weight excluding hydrogens is 416 g/mol. The summed E-state index contributed by atoms with van der Waals surface area (Å²) in [5, 5.41) is 24.3. The second-order valence-electron chi connectivity index (χ2n) is 7.01. The first-order chi connectivity index (χ1) is 15.0. The molecule has 1 atom stereocenters. The fourth-order valence-electron chi connectivity index (χ4n) is 3.01. The molecule has 5 N–H and O–H groups in total. The van der Waals surface area contributed by atoms with E-state index < -0.39 is 5.97 Å². The SMILES string of the molecule is CC(NCCCC(=O)NCCSNCC(=O)O)c1cccc(-c2ccncc2CO)c1. The average molecular weight is 447 g/mol. The molecule has 1 unspecified atom stereocenters. The summed E-state index contributed by atoms with van der Waals surface area (Å²) in [6, 6.07) is 10.2. The van der Waals surface area contributed by atoms with Crippen molar-refractivity contribution >= 4 is 23.8 Å². The van der Waals surface area contributed by atoms with Crippen LogP contribution in [-0.2, 0) is 16.2 Å². The van der Waals surface area contributed by atoms with E-state index in [-0.39, 0.29) is 25.1 Å². The largest absolute Gasteiger partial charge is 0.480 e. The van der Waals surface area contributed by atoms with Gasteiger partial charge in [0.15, 0.2) is 0 Å². The van der Waals surface area contributed by atoms with E-state index in [2.05, 4.69) is 39.4 Å². The normalized spacial score (nSPS) is 11.8. The fourth-order valence-corrected chi connectivity index (χ4v) is 3.58. The number of carbonyl (C=O) groups excluding carboxylic acids is 1. The molecule has 0 radical (unpaired) electrons. The van der Waals surface area contributed by atoms with Crippen molar-refractivity contribution in [1.29, 1.82) is 0 Å². The maximum absolute atomic E-state index is 11.9. The number of carbonyl (C=O) groups is 2. The second kappa shape index (κ2) is 13.8. The Kier molecular flexibility index (Phi) is 11.0. The maximum Gasteiger partial charge on any atom is 0.318 e. The molecule has 9 heteroatoms. The van der Waals surface area contributed by atoms with Crippen LogP contribution < -0.4 is 15.4 Å². The lowest BCUT2D eigenvalue weighted by Crippen LogP contribution is -2.28. The van der Waals surface area contributed by atoms with Crippen LogP contribution in [0.5, 0.6) is 0 Å². The van der Waals surface area contributed by atoms with Gasteiger partial charge in [0.25, 0.3) is 0 Å². The van der Waals surface area contributed by atoms with Crippen molar-refractivity contribution in [2.45, 2.75) is 32.4 Å². The highest BCUT2D eigenvalue weighted by atomic mass is 32.2. The number of benzene rings is 1. The van der Waals surface area contributed by atoms with Gasteiger partial charge in [0.1, 0.15) is 6.54 Å². The first-order valence-electron chi connectivity index (χ1n) is 10.2. The minimum Gasteiger partial charge on any atom is -0.480 e. The molecule has 168 valence electrons. The number of nitrogens with one attached hydrogen (secondary N) is 3. The average Bonchev–Trinajstić information content (AvgIpc) is 2.78. The first-order valence-corrected chi connectivity index (χ1v) is 11.2. The van der Waals surface area contributed by atoms with Crippen molar-refractivity contribution < 1.29 is 19.8 Å². The van der Waals surface area contributed by atoms with Crippen molar-refractivity contribution in [3.05, 3.63) is 53.9 Å². The van der Waals surface area contributed by atoms with Gasteiger partial charge in [-0.15, -0.1) is 0 Å². The summed E-state index contributed by atoms with van der Waals surface area (Å²) in [5.41, 5.74) is 3.93. The smallest absolute Gasteiger partial charge is 0.318 e. The molecule has 0 aliphatic carbocycles. The molecule has 0 saturated carbocycles. The van der Waals surface area contributed by atoms with Gasteiger partial charge in [-0.1, -0.05) is 30.1 Å². The number of aliphatic hydroxyl groups excluding tert-OH is 1. The van der Waals surface area contributed by atoms with Crippen molar-refractivity contribution in [3.8, 4) is 11.1 Å². The van der Waals surface area contributed by atoms with E-state index in [1.54, 1.807) is 12.4 Å². The van der Waals surface area contributed by atoms with Crippen molar-refractivity contribution in [2.24, 2.45) is 0 Å². The lowest BCUT2D eigenvalue weighted by Gasteiger charge is -2.16. The Hall–Kier alpha value is -2.46. The van der Waals surface area contributed by atoms with Crippen LogP contribution in [0.3, 0.4) is 0 Å². The van der Waals surface area contributed by atoms with Gasteiger partial charge < -0.3 is 20.8 Å². The molecule has 0 fully saturated rings. The number of rotatable bonds is 14. The molecule has 0 spiro atoms. The molecule has 1 aromatic carbocycles. The molecule has 2 rings (SSSR count). The van der Waals surface area contributed by atoms with Crippen LogP contribution in [0.1, 0.15) is 36.9 Å². The van der Waals surface area contributed by atoms with Gasteiger partial charge in [0.05, 0.1) is 6.61 Å². The van der Waals surface area contributed by atoms with E-state index >= 15 is 0 Å². The van der Waals surface area contributed by atoms with Crippen LogP contribution in [0.2, 0.25) is 0 Å². The zero-order valence-corrected chi connectivity index (χ0v) is 18.5. The first kappa shape index (κ1) is 24.8. The topological polar surface area (TPSA) is 124 Å². The van der Waals surface area contributed by atoms with Gasteiger partial charge in [-0.3, -0.25) is 19.3 Å². The molecule has 0 aliphatic heterocycles. The Morgan fingerprint density at radius 1 is 1.23 bits per heavy atom. The van der Waals surface area contributed by atoms with Gasteiger partial charge in [-0.25, -0.2) is 0 Å². The van der Waals surface area contributed by atoms with E-state index in [4.69, 9.17) is 5.11 Å². The molecule has 0 saturated heterocycles. The number of pyridine rings is 1. The Bertz CT molecular complexity index is 850. The third-order valence-electron chi connectivity index (χ3n) is 4.65. The Labute approximate surface area is 187 Å². The van der Waals surface area contributed by atoms with Crippen molar-refractivity contribution in [2.75, 3.05) is 25.4 Å². The van der Waals surface area contributed by atoms with E-state index in [1.807, 2.05) is 18.2 Å². The Balaban J connectivity index is 1.70. The van der Waals surface area contributed by atoms with E-state index in [1.165, 1.54) is 11.9 Å². The quantitative estimate of drug-likeness (QED) is 0.221. The monoisotopic (exact) mass is 446 g/mol. The van der Waals surface area contributed by atoms with Gasteiger partial charge in [-0.2, -0.15) is 0 Å². The predicted octanol–water partition coefficient (Wildman–Crippen LogP) is 2.11. The van der Waals surface area contributed by atoms with Gasteiger partial charge in [0.2, 0.25) is 5.91 Å². The van der Waals surface area contributed by atoms with E-state index in [0.717, 1.165) is 28.7 Å². The summed E-state index contributed by atoms with van der Waals surface area (Å²) >= 11 is 1.28. The Morgan fingerprint density at radius 3 is 2.84 bits per heavy atom. The summed E-state index contributed by atoms with van der Waals surface area (Å²) in [5.74, 6) is -0.304. The lowest BCUT2D eigenvalue weighted by atomic mass is 9.98. The molecule has 31 heavy (non-hydrogen) atoms. The van der Waals surface area contributed by atoms with Crippen LogP contribution in [0.25, 0.3) is 11.1 Å². The van der Waals surface area contributed by atoms with Crippen LogP contribution in [0, 0.1) is 0 Å². The van der Waals surface area contributed by atoms with Crippen LogP contribution >= 0.6 is 11.9 Å². The number of aliphatic carboxylic acids is 1. The number of hydrogen-bond acceptors (Lipinski definition) is 7. The van der Waals surface area contributed by atoms with Crippen LogP contribution in [0.15, 0.2) is 42.7 Å². The lowest BCUT2D eigenvalue weighted by molar-refractivity contribution is -0.135. The molecule has 0 aliphatic rings. The van der Waals surface area contributed by atoms with Gasteiger partial charge >= 0.3 is 5.97 Å². The van der Waals surface area contributed by atoms with E-state index in [9.17, 15) is 14.7 Å². The van der Waals surface area contributed by atoms with Gasteiger partial charge in [-0.05, 0) is 48.7 Å². The highest BCUT2D eigenvalue weighted by Crippen LogP contribution is 2.26. The summed E-state index contributed by atoms with van der Waals surface area (Å²) < 4.78 is 2.70. The van der Waals surface area contributed by atoms with Gasteiger partial charge in [0, 0.05) is 42.7 Å². The summed E-state index contributed by atoms with van der Waals surface area (Å²) in [7, 11) is 0. The van der Waals surface area contributed by atoms with Crippen molar-refractivity contribution in [3.63, 3.8) is 0 Å². The zero-order valence-electron chi connectivity index (χ0n) is 17.6. The molecule has 1 aromatic heterocycles. The predicted molar refractivity (Wildman–Crippen MR) is 122 cm³/mol. The maximum atomic E-state index is 11.9. The highest BCUT2D eigenvalue weighted by Gasteiger charge is 2.09. The third-order valence-corrected chi connectivity index (χ3v) is 5.41. The highest BCUT2D eigenvalue weighted by molar-refractivity contribution is 7.97. The van der Waals surface area contributed by atoms with E-state index in [0.29, 0.717) is 25.3 Å². The molecule has 1 heterocycles. The Morgan fingerprint density at radius 2 is 2.06 bits per heavy atom. The summed E-state index contributed by atoms with van der Waals surface area (Å²) in [6.07, 6.45) is 4.56. The second-order valence-corrected chi connectivity index (χ2v) is 7.99. The third kappa shape index (κ3) is 9.06. The molecule has 1 amide bonds. The number of amides is 1. The summed E-state index contributed by atoms with van der Waals surface area (Å²) in [4.78, 5) is 26.3. The number of nitrogens with zero attached hydrogens (tertiary/aromatic N) is 1. The number of aliphatic hydroxyl groups is 1. The molecule has 0 bridgehead atoms. The fraction of sp³-hybridized carbons (Fsp3) is 0.409. The van der Waals surface area contributed by atoms with Crippen LogP contribution in [-0.4, -0.2) is 52.5 Å². The number of hydrogen-bond donors (Lipinski definition) is 5. The minimum absolute atomic E-state index is 0.00972. The number of carboxylic acid groups (broad SMARTS) is 1.